The molecule has 1 fully saturated rings. The van der Waals surface area contributed by atoms with Gasteiger partial charge in [0.1, 0.15) is 6.54 Å². The highest BCUT2D eigenvalue weighted by Crippen LogP contribution is 2.33. The van der Waals surface area contributed by atoms with Crippen molar-refractivity contribution in [3.8, 4) is 11.5 Å². The third-order valence-corrected chi connectivity index (χ3v) is 4.87. The predicted octanol–water partition coefficient (Wildman–Crippen LogP) is 1.66. The first-order chi connectivity index (χ1) is 12.6. The minimum Gasteiger partial charge on any atom is -0.493 e. The summed E-state index contributed by atoms with van der Waals surface area (Å²) >= 11 is 0. The quantitative estimate of drug-likeness (QED) is 0.811. The number of aromatic nitrogens is 1. The van der Waals surface area contributed by atoms with Crippen LogP contribution in [0.2, 0.25) is 0 Å². The van der Waals surface area contributed by atoms with E-state index in [0.29, 0.717) is 35.4 Å². The topological polar surface area (TPSA) is 70.0 Å². The molecule has 2 heterocycles. The van der Waals surface area contributed by atoms with E-state index in [0.717, 1.165) is 12.8 Å². The average Bonchev–Trinajstić information content (AvgIpc) is 2.69. The fraction of sp³-hybridized carbons (Fsp3) is 0.474. The Kier molecular flexibility index (Phi) is 5.46. The lowest BCUT2D eigenvalue weighted by Crippen LogP contribution is -2.45. The number of hydrogen-bond donors (Lipinski definition) is 0. The number of benzene rings is 1. The van der Waals surface area contributed by atoms with Gasteiger partial charge < -0.3 is 23.7 Å². The number of carbonyl (C=O) groups is 1. The van der Waals surface area contributed by atoms with Crippen molar-refractivity contribution in [2.45, 2.75) is 25.5 Å². The highest BCUT2D eigenvalue weighted by Gasteiger charge is 2.24. The van der Waals surface area contributed by atoms with Crippen LogP contribution in [0.5, 0.6) is 11.5 Å². The fourth-order valence-corrected chi connectivity index (χ4v) is 3.42. The maximum absolute atomic E-state index is 12.8. The summed E-state index contributed by atoms with van der Waals surface area (Å²) in [6.07, 6.45) is 3.56. The summed E-state index contributed by atoms with van der Waals surface area (Å²) in [4.78, 5) is 27.2. The summed E-state index contributed by atoms with van der Waals surface area (Å²) in [7, 11) is 4.75. The van der Waals surface area contributed by atoms with Crippen LogP contribution in [0.3, 0.4) is 0 Å². The summed E-state index contributed by atoms with van der Waals surface area (Å²) in [6.45, 7) is 1.29. The number of methoxy groups -OCH3 is 3. The molecule has 2 aromatic rings. The molecule has 7 nitrogen and oxygen atoms in total. The Balaban J connectivity index is 1.88. The van der Waals surface area contributed by atoms with Crippen LogP contribution in [0, 0.1) is 0 Å². The van der Waals surface area contributed by atoms with E-state index < -0.39 is 0 Å². The van der Waals surface area contributed by atoms with Gasteiger partial charge in [0.2, 0.25) is 5.91 Å². The zero-order valence-electron chi connectivity index (χ0n) is 15.4. The zero-order valence-corrected chi connectivity index (χ0v) is 15.4. The fourth-order valence-electron chi connectivity index (χ4n) is 3.42. The number of hydrogen-bond acceptors (Lipinski definition) is 5. The minimum absolute atomic E-state index is 0.0134. The number of amides is 1. The molecular formula is C19H24N2O5. The molecule has 1 aliphatic rings. The van der Waals surface area contributed by atoms with Crippen molar-refractivity contribution in [1.82, 2.24) is 9.47 Å². The molecule has 1 saturated heterocycles. The minimum atomic E-state index is -0.225. The Labute approximate surface area is 152 Å². The highest BCUT2D eigenvalue weighted by molar-refractivity contribution is 5.90. The Morgan fingerprint density at radius 2 is 1.96 bits per heavy atom. The molecule has 0 N–H and O–H groups in total. The van der Waals surface area contributed by atoms with Crippen molar-refractivity contribution >= 4 is 16.7 Å². The van der Waals surface area contributed by atoms with Gasteiger partial charge in [0.05, 0.1) is 25.7 Å². The molecule has 0 aliphatic carbocycles. The molecule has 7 heteroatoms. The van der Waals surface area contributed by atoms with Crippen molar-refractivity contribution in [3.05, 3.63) is 34.7 Å². The van der Waals surface area contributed by atoms with Crippen LogP contribution in [-0.4, -0.2) is 55.9 Å². The Morgan fingerprint density at radius 3 is 2.65 bits per heavy atom. The van der Waals surface area contributed by atoms with E-state index in [1.807, 2.05) is 0 Å². The molecule has 26 heavy (non-hydrogen) atoms. The standard InChI is InChI=1S/C19H24N2O5/c1-24-13-5-4-9-20(11-13)17(22)12-21-10-8-14-15(19(21)23)6-7-16(25-2)18(14)26-3/h6-8,10,13H,4-5,9,11-12H2,1-3H3. The molecule has 1 unspecified atom stereocenters. The van der Waals surface area contributed by atoms with E-state index in [4.69, 9.17) is 14.2 Å². The number of likely N-dealkylation sites (tertiary alicyclic amines) is 1. The van der Waals surface area contributed by atoms with Crippen molar-refractivity contribution in [3.63, 3.8) is 0 Å². The number of rotatable bonds is 5. The molecule has 140 valence electrons. The number of pyridine rings is 1. The van der Waals surface area contributed by atoms with Gasteiger partial charge in [-0.25, -0.2) is 0 Å². The number of fused-ring (bicyclic) bond motifs is 1. The first kappa shape index (κ1) is 18.3. The van der Waals surface area contributed by atoms with Gasteiger partial charge in [0.15, 0.2) is 11.5 Å². The third kappa shape index (κ3) is 3.39. The van der Waals surface area contributed by atoms with Gasteiger partial charge in [-0.3, -0.25) is 9.59 Å². The van der Waals surface area contributed by atoms with E-state index in [1.165, 1.54) is 11.7 Å². The zero-order chi connectivity index (χ0) is 18.7. The van der Waals surface area contributed by atoms with E-state index in [1.54, 1.807) is 43.5 Å². The van der Waals surface area contributed by atoms with Gasteiger partial charge in [-0.2, -0.15) is 0 Å². The van der Waals surface area contributed by atoms with E-state index in [-0.39, 0.29) is 24.1 Å². The van der Waals surface area contributed by atoms with E-state index in [9.17, 15) is 9.59 Å². The SMILES string of the molecule is COc1ccc2c(=O)n(CC(=O)N3CCCC(OC)C3)ccc2c1OC. The second kappa shape index (κ2) is 7.78. The molecule has 1 atom stereocenters. The van der Waals surface area contributed by atoms with Gasteiger partial charge in [0, 0.05) is 31.8 Å². The molecule has 1 amide bonds. The highest BCUT2D eigenvalue weighted by atomic mass is 16.5. The molecule has 0 saturated carbocycles. The molecule has 1 aromatic heterocycles. The van der Waals surface area contributed by atoms with Crippen molar-refractivity contribution in [2.75, 3.05) is 34.4 Å². The van der Waals surface area contributed by atoms with Crippen molar-refractivity contribution in [2.24, 2.45) is 0 Å². The van der Waals surface area contributed by atoms with Gasteiger partial charge in [-0.1, -0.05) is 0 Å². The number of ether oxygens (including phenoxy) is 3. The van der Waals surface area contributed by atoms with Gasteiger partial charge >= 0.3 is 0 Å². The van der Waals surface area contributed by atoms with Crippen LogP contribution in [0.15, 0.2) is 29.2 Å². The Morgan fingerprint density at radius 1 is 1.15 bits per heavy atom. The van der Waals surface area contributed by atoms with Crippen LogP contribution < -0.4 is 15.0 Å². The normalized spacial score (nSPS) is 17.3. The second-order valence-corrected chi connectivity index (χ2v) is 6.35. The molecule has 0 radical (unpaired) electrons. The molecule has 1 aliphatic heterocycles. The van der Waals surface area contributed by atoms with Crippen LogP contribution in [0.25, 0.3) is 10.8 Å². The summed E-state index contributed by atoms with van der Waals surface area (Å²) in [5, 5.41) is 1.16. The number of carbonyl (C=O) groups excluding carboxylic acids is 1. The Hall–Kier alpha value is -2.54. The summed E-state index contributed by atoms with van der Waals surface area (Å²) in [5.74, 6) is 1.00. The monoisotopic (exact) mass is 360 g/mol. The maximum Gasteiger partial charge on any atom is 0.259 e. The number of piperidine rings is 1. The van der Waals surface area contributed by atoms with Crippen LogP contribution >= 0.6 is 0 Å². The number of nitrogens with zero attached hydrogens (tertiary/aromatic N) is 2. The van der Waals surface area contributed by atoms with Gasteiger partial charge in [-0.15, -0.1) is 0 Å². The molecule has 3 rings (SSSR count). The van der Waals surface area contributed by atoms with Crippen LogP contribution in [0.4, 0.5) is 0 Å². The van der Waals surface area contributed by atoms with Gasteiger partial charge in [0.25, 0.3) is 5.56 Å². The molecule has 0 bridgehead atoms. The maximum atomic E-state index is 12.8. The largest absolute Gasteiger partial charge is 0.493 e. The lowest BCUT2D eigenvalue weighted by molar-refractivity contribution is -0.135. The second-order valence-electron chi connectivity index (χ2n) is 6.35. The van der Waals surface area contributed by atoms with Crippen molar-refractivity contribution < 1.29 is 19.0 Å². The van der Waals surface area contributed by atoms with Crippen molar-refractivity contribution in [1.29, 1.82) is 0 Å². The molecule has 0 spiro atoms. The summed E-state index contributed by atoms with van der Waals surface area (Å²) in [5.41, 5.74) is -0.225. The first-order valence-electron chi connectivity index (χ1n) is 8.63. The summed E-state index contributed by atoms with van der Waals surface area (Å²) in [6, 6.07) is 5.17. The van der Waals surface area contributed by atoms with E-state index in [2.05, 4.69) is 0 Å². The summed E-state index contributed by atoms with van der Waals surface area (Å²) < 4.78 is 17.5. The Bertz CT molecular complexity index is 861. The lowest BCUT2D eigenvalue weighted by Gasteiger charge is -2.32. The smallest absolute Gasteiger partial charge is 0.259 e. The average molecular weight is 360 g/mol. The van der Waals surface area contributed by atoms with Crippen LogP contribution in [-0.2, 0) is 16.1 Å². The molecular weight excluding hydrogens is 336 g/mol. The van der Waals surface area contributed by atoms with Crippen LogP contribution in [0.1, 0.15) is 12.8 Å². The predicted molar refractivity (Wildman–Crippen MR) is 97.9 cm³/mol. The first-order valence-corrected chi connectivity index (χ1v) is 8.63. The van der Waals surface area contributed by atoms with Gasteiger partial charge in [-0.05, 0) is 31.0 Å². The van der Waals surface area contributed by atoms with E-state index >= 15 is 0 Å². The lowest BCUT2D eigenvalue weighted by atomic mass is 10.1. The third-order valence-electron chi connectivity index (χ3n) is 4.87. The molecule has 1 aromatic carbocycles.